The van der Waals surface area contributed by atoms with Crippen molar-refractivity contribution in [2.45, 2.75) is 30.6 Å². The second-order valence-corrected chi connectivity index (χ2v) is 6.05. The fourth-order valence-electron chi connectivity index (χ4n) is 2.35. The summed E-state index contributed by atoms with van der Waals surface area (Å²) in [7, 11) is 1.76. The third-order valence-electron chi connectivity index (χ3n) is 3.39. The molecule has 1 saturated carbocycles. The van der Waals surface area contributed by atoms with E-state index >= 15 is 0 Å². The molecule has 4 nitrogen and oxygen atoms in total. The monoisotopic (exact) mass is 299 g/mol. The van der Waals surface area contributed by atoms with Crippen LogP contribution in [0.5, 0.6) is 0 Å². The molecule has 0 radical (unpaired) electrons. The van der Waals surface area contributed by atoms with Crippen LogP contribution in [0.4, 0.5) is 5.82 Å². The number of rotatable bonds is 4. The molecule has 1 heterocycles. The fourth-order valence-corrected chi connectivity index (χ4v) is 3.48. The molecule has 0 aromatic carbocycles. The number of pyridine rings is 1. The molecule has 19 heavy (non-hydrogen) atoms. The Morgan fingerprint density at radius 1 is 1.47 bits per heavy atom. The first-order chi connectivity index (χ1) is 9.15. The Hall–Kier alpha value is -0.940. The van der Waals surface area contributed by atoms with Crippen LogP contribution in [0.15, 0.2) is 12.1 Å². The minimum absolute atomic E-state index is 0.187. The van der Waals surface area contributed by atoms with E-state index in [-0.39, 0.29) is 11.9 Å². The van der Waals surface area contributed by atoms with Gasteiger partial charge < -0.3 is 10.6 Å². The molecule has 2 atom stereocenters. The van der Waals surface area contributed by atoms with Crippen molar-refractivity contribution in [1.82, 2.24) is 10.3 Å². The number of nitrogens with zero attached hydrogens (tertiary/aromatic N) is 1. The minimum atomic E-state index is -0.187. The number of halogens is 1. The molecule has 0 saturated heterocycles. The Balaban J connectivity index is 2.11. The smallest absolute Gasteiger partial charge is 0.271 e. The van der Waals surface area contributed by atoms with Gasteiger partial charge in [0.1, 0.15) is 11.5 Å². The van der Waals surface area contributed by atoms with Crippen molar-refractivity contribution in [3.63, 3.8) is 0 Å². The van der Waals surface area contributed by atoms with Gasteiger partial charge in [-0.1, -0.05) is 18.0 Å². The van der Waals surface area contributed by atoms with Crippen molar-refractivity contribution in [3.8, 4) is 0 Å². The number of anilines is 1. The number of hydrogen-bond donors (Lipinski definition) is 2. The van der Waals surface area contributed by atoms with Gasteiger partial charge in [0.05, 0.1) is 5.02 Å². The van der Waals surface area contributed by atoms with E-state index < -0.39 is 0 Å². The van der Waals surface area contributed by atoms with Gasteiger partial charge in [0.15, 0.2) is 0 Å². The van der Waals surface area contributed by atoms with Crippen molar-refractivity contribution in [2.75, 3.05) is 18.6 Å². The normalized spacial score (nSPS) is 22.3. The number of carbonyl (C=O) groups is 1. The highest BCUT2D eigenvalue weighted by molar-refractivity contribution is 7.99. The molecule has 2 rings (SSSR count). The van der Waals surface area contributed by atoms with E-state index in [1.54, 1.807) is 19.2 Å². The van der Waals surface area contributed by atoms with Crippen LogP contribution < -0.4 is 10.6 Å². The quantitative estimate of drug-likeness (QED) is 0.897. The largest absolute Gasteiger partial charge is 0.373 e. The maximum Gasteiger partial charge on any atom is 0.271 e. The Kier molecular flexibility index (Phi) is 4.93. The van der Waals surface area contributed by atoms with Gasteiger partial charge in [-0.3, -0.25) is 4.79 Å². The molecule has 1 aromatic rings. The van der Waals surface area contributed by atoms with Crippen LogP contribution in [0, 0.1) is 0 Å². The summed E-state index contributed by atoms with van der Waals surface area (Å²) in [5.41, 5.74) is 0.292. The SMILES string of the molecule is CNc1ccc(Cl)c(C(=O)NC2CCCC2SC)n1. The third-order valence-corrected chi connectivity index (χ3v) is 4.86. The lowest BCUT2D eigenvalue weighted by atomic mass is 10.2. The van der Waals surface area contributed by atoms with Crippen LogP contribution in [0.25, 0.3) is 0 Å². The Labute approximate surface area is 122 Å². The lowest BCUT2D eigenvalue weighted by Gasteiger charge is -2.19. The number of carbonyl (C=O) groups excluding carboxylic acids is 1. The van der Waals surface area contributed by atoms with Crippen molar-refractivity contribution >= 4 is 35.1 Å². The van der Waals surface area contributed by atoms with E-state index in [4.69, 9.17) is 11.6 Å². The van der Waals surface area contributed by atoms with Gasteiger partial charge >= 0.3 is 0 Å². The zero-order valence-electron chi connectivity index (χ0n) is 11.1. The number of aromatic nitrogens is 1. The summed E-state index contributed by atoms with van der Waals surface area (Å²) in [6, 6.07) is 3.66. The topological polar surface area (TPSA) is 54.0 Å². The molecular weight excluding hydrogens is 282 g/mol. The summed E-state index contributed by atoms with van der Waals surface area (Å²) in [4.78, 5) is 16.5. The van der Waals surface area contributed by atoms with Crippen molar-refractivity contribution < 1.29 is 4.79 Å². The molecule has 1 aliphatic carbocycles. The van der Waals surface area contributed by atoms with E-state index in [0.717, 1.165) is 19.3 Å². The van der Waals surface area contributed by atoms with E-state index in [1.807, 2.05) is 11.8 Å². The molecule has 2 unspecified atom stereocenters. The molecule has 1 fully saturated rings. The second kappa shape index (κ2) is 6.48. The van der Waals surface area contributed by atoms with E-state index in [1.165, 1.54) is 0 Å². The lowest BCUT2D eigenvalue weighted by Crippen LogP contribution is -2.39. The highest BCUT2D eigenvalue weighted by Gasteiger charge is 2.28. The van der Waals surface area contributed by atoms with E-state index in [2.05, 4.69) is 21.9 Å². The highest BCUT2D eigenvalue weighted by atomic mass is 35.5. The zero-order chi connectivity index (χ0) is 13.8. The summed E-state index contributed by atoms with van der Waals surface area (Å²) in [6.07, 6.45) is 5.43. The second-order valence-electron chi connectivity index (χ2n) is 4.56. The molecule has 0 spiro atoms. The molecule has 1 aromatic heterocycles. The number of amides is 1. The molecule has 1 amide bonds. The lowest BCUT2D eigenvalue weighted by molar-refractivity contribution is 0.0934. The average molecular weight is 300 g/mol. The van der Waals surface area contributed by atoms with Crippen LogP contribution in [0.2, 0.25) is 5.02 Å². The third kappa shape index (κ3) is 3.34. The predicted octanol–water partition coefficient (Wildman–Crippen LogP) is 2.79. The zero-order valence-corrected chi connectivity index (χ0v) is 12.6. The molecule has 104 valence electrons. The van der Waals surface area contributed by atoms with Gasteiger partial charge in [-0.2, -0.15) is 11.8 Å². The summed E-state index contributed by atoms with van der Waals surface area (Å²) < 4.78 is 0. The van der Waals surface area contributed by atoms with Gasteiger partial charge in [-0.25, -0.2) is 4.98 Å². The molecule has 6 heteroatoms. The summed E-state index contributed by atoms with van der Waals surface area (Å²) in [6.45, 7) is 0. The molecule has 0 aliphatic heterocycles. The first-order valence-electron chi connectivity index (χ1n) is 6.33. The number of thioether (sulfide) groups is 1. The van der Waals surface area contributed by atoms with E-state index in [9.17, 15) is 4.79 Å². The van der Waals surface area contributed by atoms with Gasteiger partial charge in [0.2, 0.25) is 0 Å². The maximum atomic E-state index is 12.3. The Morgan fingerprint density at radius 2 is 2.26 bits per heavy atom. The van der Waals surface area contributed by atoms with Crippen LogP contribution in [-0.4, -0.2) is 35.5 Å². The van der Waals surface area contributed by atoms with Crippen molar-refractivity contribution in [1.29, 1.82) is 0 Å². The van der Waals surface area contributed by atoms with Crippen LogP contribution in [0.3, 0.4) is 0 Å². The molecule has 2 N–H and O–H groups in total. The van der Waals surface area contributed by atoms with Gasteiger partial charge in [0, 0.05) is 18.3 Å². The minimum Gasteiger partial charge on any atom is -0.373 e. The standard InChI is InChI=1S/C13H18ClN3OS/c1-15-11-7-6-8(14)12(17-11)13(18)16-9-4-3-5-10(9)19-2/h6-7,9-10H,3-5H2,1-2H3,(H,15,17)(H,16,18). The van der Waals surface area contributed by atoms with Crippen LogP contribution >= 0.6 is 23.4 Å². The first kappa shape index (κ1) is 14.5. The van der Waals surface area contributed by atoms with E-state index in [0.29, 0.717) is 21.8 Å². The summed E-state index contributed by atoms with van der Waals surface area (Å²) in [5.74, 6) is 0.454. The Morgan fingerprint density at radius 3 is 2.95 bits per heavy atom. The highest BCUT2D eigenvalue weighted by Crippen LogP contribution is 2.28. The molecule has 0 bridgehead atoms. The first-order valence-corrected chi connectivity index (χ1v) is 8.00. The fraction of sp³-hybridized carbons (Fsp3) is 0.538. The molecule has 1 aliphatic rings. The van der Waals surface area contributed by atoms with Gasteiger partial charge in [-0.05, 0) is 31.2 Å². The van der Waals surface area contributed by atoms with Crippen LogP contribution in [-0.2, 0) is 0 Å². The predicted molar refractivity (Wildman–Crippen MR) is 81.2 cm³/mol. The van der Waals surface area contributed by atoms with Gasteiger partial charge in [0.25, 0.3) is 5.91 Å². The van der Waals surface area contributed by atoms with Gasteiger partial charge in [-0.15, -0.1) is 0 Å². The summed E-state index contributed by atoms with van der Waals surface area (Å²) >= 11 is 7.86. The number of hydrogen-bond acceptors (Lipinski definition) is 4. The summed E-state index contributed by atoms with van der Waals surface area (Å²) in [5, 5.41) is 6.84. The average Bonchev–Trinajstić information content (AvgIpc) is 2.86. The molecular formula is C13H18ClN3OS. The van der Waals surface area contributed by atoms with Crippen molar-refractivity contribution in [2.24, 2.45) is 0 Å². The number of nitrogens with one attached hydrogen (secondary N) is 2. The maximum absolute atomic E-state index is 12.3. The van der Waals surface area contributed by atoms with Crippen molar-refractivity contribution in [3.05, 3.63) is 22.8 Å². The Bertz CT molecular complexity index is 469. The van der Waals surface area contributed by atoms with Crippen LogP contribution in [0.1, 0.15) is 29.8 Å².